The summed E-state index contributed by atoms with van der Waals surface area (Å²) >= 11 is 0. The first-order valence-corrected chi connectivity index (χ1v) is 8.92. The molecule has 2 atom stereocenters. The fourth-order valence-corrected chi connectivity index (χ4v) is 1.54. The lowest BCUT2D eigenvalue weighted by atomic mass is 10.0. The Morgan fingerprint density at radius 2 is 1.69 bits per heavy atom. The average Bonchev–Trinajstić information content (AvgIpc) is 2.89. The molecule has 156 valence electrons. The average molecular weight is 377 g/mol. The van der Waals surface area contributed by atoms with Crippen LogP contribution < -0.4 is 5.73 Å². The SMILES string of the molecule is CC(C)(C)OC(N)=O.CC(C)C(C)C=O.CC1CCCN1C.COC=O. The summed E-state index contributed by atoms with van der Waals surface area (Å²) in [4.78, 5) is 31.3. The van der Waals surface area contributed by atoms with E-state index in [2.05, 4.69) is 28.3 Å². The van der Waals surface area contributed by atoms with Gasteiger partial charge in [-0.05, 0) is 60.0 Å². The molecule has 7 nitrogen and oxygen atoms in total. The number of primary amides is 1. The van der Waals surface area contributed by atoms with Gasteiger partial charge >= 0.3 is 6.09 Å². The predicted octanol–water partition coefficient (Wildman–Crippen LogP) is 3.25. The highest BCUT2D eigenvalue weighted by Crippen LogP contribution is 2.12. The van der Waals surface area contributed by atoms with Crippen molar-refractivity contribution in [1.82, 2.24) is 4.90 Å². The minimum atomic E-state index is -0.725. The molecule has 0 radical (unpaired) electrons. The van der Waals surface area contributed by atoms with Crippen LogP contribution in [-0.4, -0.2) is 56.1 Å². The van der Waals surface area contributed by atoms with Gasteiger partial charge in [-0.1, -0.05) is 20.8 Å². The van der Waals surface area contributed by atoms with Crippen LogP contribution in [0.25, 0.3) is 0 Å². The molecule has 26 heavy (non-hydrogen) atoms. The highest BCUT2D eigenvalue weighted by molar-refractivity contribution is 5.65. The summed E-state index contributed by atoms with van der Waals surface area (Å²) in [7, 11) is 3.50. The van der Waals surface area contributed by atoms with Crippen LogP contribution in [0.4, 0.5) is 4.79 Å². The summed E-state index contributed by atoms with van der Waals surface area (Å²) in [6.45, 7) is 15.3. The molecule has 0 spiro atoms. The van der Waals surface area contributed by atoms with Gasteiger partial charge in [0.1, 0.15) is 11.9 Å². The number of carbonyl (C=O) groups excluding carboxylic acids is 3. The van der Waals surface area contributed by atoms with E-state index in [0.717, 1.165) is 12.3 Å². The molecule has 1 amide bonds. The number of likely N-dealkylation sites (tertiary alicyclic amines) is 1. The van der Waals surface area contributed by atoms with Crippen molar-refractivity contribution in [2.75, 3.05) is 20.7 Å². The molecule has 1 heterocycles. The Morgan fingerprint density at radius 3 is 1.73 bits per heavy atom. The topological polar surface area (TPSA) is 98.9 Å². The van der Waals surface area contributed by atoms with Gasteiger partial charge in [-0.25, -0.2) is 4.79 Å². The number of rotatable bonds is 3. The van der Waals surface area contributed by atoms with E-state index >= 15 is 0 Å². The van der Waals surface area contributed by atoms with Crippen molar-refractivity contribution in [3.63, 3.8) is 0 Å². The summed E-state index contributed by atoms with van der Waals surface area (Å²) in [6, 6.07) is 0.847. The van der Waals surface area contributed by atoms with E-state index in [1.54, 1.807) is 20.8 Å². The Labute approximate surface area is 159 Å². The number of nitrogens with two attached hydrogens (primary N) is 1. The minimum Gasteiger partial charge on any atom is -0.471 e. The number of amides is 1. The van der Waals surface area contributed by atoms with Crippen LogP contribution in [0.15, 0.2) is 0 Å². The molecular formula is C19H40N2O5. The highest BCUT2D eigenvalue weighted by atomic mass is 16.6. The van der Waals surface area contributed by atoms with Crippen molar-refractivity contribution >= 4 is 18.9 Å². The van der Waals surface area contributed by atoms with Gasteiger partial charge in [0.2, 0.25) is 0 Å². The lowest BCUT2D eigenvalue weighted by molar-refractivity contribution is -0.126. The molecule has 2 N–H and O–H groups in total. The number of ether oxygens (including phenoxy) is 2. The molecule has 2 unspecified atom stereocenters. The first-order chi connectivity index (χ1) is 11.8. The fourth-order valence-electron chi connectivity index (χ4n) is 1.54. The largest absolute Gasteiger partial charge is 0.471 e. The van der Waals surface area contributed by atoms with E-state index < -0.39 is 11.7 Å². The molecule has 0 saturated carbocycles. The van der Waals surface area contributed by atoms with Crippen LogP contribution in [0, 0.1) is 11.8 Å². The van der Waals surface area contributed by atoms with Gasteiger partial charge in [0.05, 0.1) is 7.11 Å². The smallest absolute Gasteiger partial charge is 0.405 e. The first kappa shape index (κ1) is 29.1. The third-order valence-corrected chi connectivity index (χ3v) is 3.65. The van der Waals surface area contributed by atoms with Crippen LogP contribution in [0.1, 0.15) is 61.3 Å². The quantitative estimate of drug-likeness (QED) is 0.759. The maximum atomic E-state index is 10.0. The molecule has 1 fully saturated rings. The lowest BCUT2D eigenvalue weighted by Crippen LogP contribution is -2.27. The molecular weight excluding hydrogens is 336 g/mol. The van der Waals surface area contributed by atoms with Gasteiger partial charge < -0.3 is 24.9 Å². The van der Waals surface area contributed by atoms with Crippen LogP contribution in [0.2, 0.25) is 0 Å². The lowest BCUT2D eigenvalue weighted by Gasteiger charge is -2.16. The van der Waals surface area contributed by atoms with E-state index in [-0.39, 0.29) is 5.92 Å². The summed E-state index contributed by atoms with van der Waals surface area (Å²) in [5.74, 6) is 0.720. The summed E-state index contributed by atoms with van der Waals surface area (Å²) < 4.78 is 8.44. The zero-order chi connectivity index (χ0) is 21.3. The molecule has 0 aromatic carbocycles. The summed E-state index contributed by atoms with van der Waals surface area (Å²) in [5.41, 5.74) is 4.26. The van der Waals surface area contributed by atoms with Crippen LogP contribution in [0.3, 0.4) is 0 Å². The van der Waals surface area contributed by atoms with E-state index in [0.29, 0.717) is 12.4 Å². The highest BCUT2D eigenvalue weighted by Gasteiger charge is 2.14. The van der Waals surface area contributed by atoms with Crippen molar-refractivity contribution in [1.29, 1.82) is 0 Å². The number of hydrogen-bond donors (Lipinski definition) is 1. The molecule has 0 aromatic heterocycles. The standard InChI is InChI=1S/C6H13N.C6H12O.C5H11NO2.C2H4O2/c1-6-4-3-5-7(6)2;1-5(2)6(3)4-7;1-5(2,3)8-4(6)7;1-4-2-3/h6H,3-5H2,1-2H3;4-6H,1-3H3;1-3H3,(H2,6,7);2H,1H3. The molecule has 0 aromatic rings. The first-order valence-electron chi connectivity index (χ1n) is 8.92. The molecule has 1 rings (SSSR count). The number of hydrogen-bond acceptors (Lipinski definition) is 6. The number of aldehydes is 1. The van der Waals surface area contributed by atoms with Gasteiger partial charge in [0.25, 0.3) is 6.47 Å². The second-order valence-corrected chi connectivity index (χ2v) is 7.58. The van der Waals surface area contributed by atoms with E-state index in [4.69, 9.17) is 10.5 Å². The van der Waals surface area contributed by atoms with Gasteiger partial charge in [0.15, 0.2) is 0 Å². The zero-order valence-electron chi connectivity index (χ0n) is 18.1. The van der Waals surface area contributed by atoms with Crippen molar-refractivity contribution in [2.45, 2.75) is 73.0 Å². The second kappa shape index (κ2) is 16.8. The fraction of sp³-hybridized carbons (Fsp3) is 0.842. The van der Waals surface area contributed by atoms with E-state index in [1.807, 2.05) is 20.8 Å². The Hall–Kier alpha value is -1.63. The summed E-state index contributed by atoms with van der Waals surface area (Å²) in [5, 5.41) is 0. The maximum Gasteiger partial charge on any atom is 0.405 e. The van der Waals surface area contributed by atoms with Gasteiger partial charge in [-0.2, -0.15) is 0 Å². The molecule has 1 saturated heterocycles. The van der Waals surface area contributed by atoms with Gasteiger partial charge in [-0.3, -0.25) is 4.79 Å². The van der Waals surface area contributed by atoms with Crippen molar-refractivity contribution in [3.8, 4) is 0 Å². The minimum absolute atomic E-state index is 0.222. The van der Waals surface area contributed by atoms with Crippen LogP contribution >= 0.6 is 0 Å². The Morgan fingerprint density at radius 1 is 1.23 bits per heavy atom. The Bertz CT molecular complexity index is 359. The molecule has 0 aliphatic carbocycles. The van der Waals surface area contributed by atoms with E-state index in [1.165, 1.54) is 26.5 Å². The number of nitrogens with zero attached hydrogens (tertiary/aromatic N) is 1. The van der Waals surface area contributed by atoms with Gasteiger partial charge in [0, 0.05) is 12.0 Å². The van der Waals surface area contributed by atoms with Crippen LogP contribution in [-0.2, 0) is 19.1 Å². The Balaban J connectivity index is -0.000000278. The predicted molar refractivity (Wildman–Crippen MR) is 105 cm³/mol. The normalized spacial score (nSPS) is 17.2. The molecule has 1 aliphatic heterocycles. The zero-order valence-corrected chi connectivity index (χ0v) is 18.1. The number of carbonyl (C=O) groups is 3. The Kier molecular flexibility index (Phi) is 18.9. The van der Waals surface area contributed by atoms with E-state index in [9.17, 15) is 9.59 Å². The molecule has 0 bridgehead atoms. The number of methoxy groups -OCH3 is 1. The van der Waals surface area contributed by atoms with Crippen molar-refractivity contribution in [3.05, 3.63) is 0 Å². The third-order valence-electron chi connectivity index (χ3n) is 3.65. The summed E-state index contributed by atoms with van der Waals surface area (Å²) in [6.07, 6.45) is 3.07. The monoisotopic (exact) mass is 376 g/mol. The van der Waals surface area contributed by atoms with Gasteiger partial charge in [-0.15, -0.1) is 0 Å². The van der Waals surface area contributed by atoms with Crippen LogP contribution in [0.5, 0.6) is 0 Å². The molecule has 1 aliphatic rings. The maximum absolute atomic E-state index is 10.0. The molecule has 7 heteroatoms. The third kappa shape index (κ3) is 24.6. The van der Waals surface area contributed by atoms with Crippen molar-refractivity contribution < 1.29 is 23.9 Å². The van der Waals surface area contributed by atoms with Crippen molar-refractivity contribution in [2.24, 2.45) is 17.6 Å². The second-order valence-electron chi connectivity index (χ2n) is 7.58.